The lowest BCUT2D eigenvalue weighted by molar-refractivity contribution is -0.144. The molecule has 0 radical (unpaired) electrons. The lowest BCUT2D eigenvalue weighted by Gasteiger charge is -2.07. The Hall–Kier alpha value is -2.24. The van der Waals surface area contributed by atoms with E-state index in [1.165, 1.54) is 6.20 Å². The highest BCUT2D eigenvalue weighted by atomic mass is 19.4. The molecule has 0 N–H and O–H groups in total. The van der Waals surface area contributed by atoms with Crippen LogP contribution in [0.4, 0.5) is 13.2 Å². The molecule has 19 heavy (non-hydrogen) atoms. The van der Waals surface area contributed by atoms with E-state index in [1.54, 1.807) is 18.3 Å². The molecule has 0 bridgehead atoms. The van der Waals surface area contributed by atoms with Crippen LogP contribution in [0.5, 0.6) is 0 Å². The molecule has 0 atom stereocenters. The van der Waals surface area contributed by atoms with E-state index in [4.69, 9.17) is 0 Å². The Morgan fingerprint density at radius 2 is 1.79 bits per heavy atom. The van der Waals surface area contributed by atoms with Gasteiger partial charge in [0.05, 0.1) is 11.0 Å². The lowest BCUT2D eigenvalue weighted by atomic mass is 10.1. The SMILES string of the molecule is Cc1ccnc2c1ccc1nc(C(F)(F)F)ncc12. The highest BCUT2D eigenvalue weighted by molar-refractivity contribution is 6.04. The first-order valence-electron chi connectivity index (χ1n) is 5.55. The van der Waals surface area contributed by atoms with Crippen LogP contribution >= 0.6 is 0 Å². The number of aryl methyl sites for hydroxylation is 1. The fraction of sp³-hybridized carbons (Fsp3) is 0.154. The van der Waals surface area contributed by atoms with Gasteiger partial charge in [-0.2, -0.15) is 13.2 Å². The van der Waals surface area contributed by atoms with Crippen molar-refractivity contribution in [2.45, 2.75) is 13.1 Å². The fourth-order valence-corrected chi connectivity index (χ4v) is 2.00. The molecule has 0 aliphatic heterocycles. The van der Waals surface area contributed by atoms with E-state index in [0.29, 0.717) is 10.9 Å². The second-order valence-corrected chi connectivity index (χ2v) is 4.21. The van der Waals surface area contributed by atoms with Crippen molar-refractivity contribution in [3.63, 3.8) is 0 Å². The molecule has 3 nitrogen and oxygen atoms in total. The maximum absolute atomic E-state index is 12.6. The molecule has 0 aliphatic carbocycles. The number of aromatic nitrogens is 3. The molecule has 0 aliphatic rings. The minimum Gasteiger partial charge on any atom is -0.255 e. The molecule has 1 aromatic carbocycles. The Bertz CT molecular complexity index is 781. The Morgan fingerprint density at radius 1 is 1.00 bits per heavy atom. The van der Waals surface area contributed by atoms with Crippen LogP contribution in [0, 0.1) is 6.92 Å². The van der Waals surface area contributed by atoms with Gasteiger partial charge in [0.1, 0.15) is 0 Å². The van der Waals surface area contributed by atoms with Gasteiger partial charge in [-0.25, -0.2) is 9.97 Å². The van der Waals surface area contributed by atoms with Crippen LogP contribution in [0.2, 0.25) is 0 Å². The van der Waals surface area contributed by atoms with Crippen molar-refractivity contribution in [2.75, 3.05) is 0 Å². The van der Waals surface area contributed by atoms with Crippen molar-refractivity contribution in [1.29, 1.82) is 0 Å². The molecule has 2 heterocycles. The molecule has 0 saturated heterocycles. The molecule has 2 aromatic heterocycles. The molecular formula is C13H8F3N3. The number of halogens is 3. The summed E-state index contributed by atoms with van der Waals surface area (Å²) >= 11 is 0. The maximum atomic E-state index is 12.6. The number of nitrogens with zero attached hydrogens (tertiary/aromatic N) is 3. The predicted octanol–water partition coefficient (Wildman–Crippen LogP) is 3.51. The number of hydrogen-bond donors (Lipinski definition) is 0. The summed E-state index contributed by atoms with van der Waals surface area (Å²) in [4.78, 5) is 11.1. The summed E-state index contributed by atoms with van der Waals surface area (Å²) in [6.07, 6.45) is -1.74. The van der Waals surface area contributed by atoms with Crippen LogP contribution in [0.3, 0.4) is 0 Å². The Morgan fingerprint density at radius 3 is 2.53 bits per heavy atom. The third kappa shape index (κ3) is 1.89. The van der Waals surface area contributed by atoms with E-state index in [0.717, 1.165) is 10.9 Å². The van der Waals surface area contributed by atoms with Gasteiger partial charge in [0.25, 0.3) is 0 Å². The Balaban J connectivity index is 2.36. The van der Waals surface area contributed by atoms with E-state index in [1.807, 2.05) is 13.0 Å². The Labute approximate surface area is 106 Å². The zero-order valence-corrected chi connectivity index (χ0v) is 9.86. The largest absolute Gasteiger partial charge is 0.451 e. The number of alkyl halides is 3. The summed E-state index contributed by atoms with van der Waals surface area (Å²) in [7, 11) is 0. The molecule has 3 aromatic rings. The first kappa shape index (κ1) is 11.8. The summed E-state index contributed by atoms with van der Waals surface area (Å²) in [6, 6.07) is 5.13. The third-order valence-corrected chi connectivity index (χ3v) is 2.94. The highest BCUT2D eigenvalue weighted by Gasteiger charge is 2.34. The van der Waals surface area contributed by atoms with E-state index in [2.05, 4.69) is 15.0 Å². The summed E-state index contributed by atoms with van der Waals surface area (Å²) in [6.45, 7) is 1.92. The molecule has 96 valence electrons. The van der Waals surface area contributed by atoms with Crippen LogP contribution in [0.25, 0.3) is 21.8 Å². The summed E-state index contributed by atoms with van der Waals surface area (Å²) in [5, 5.41) is 1.41. The number of rotatable bonds is 0. The van der Waals surface area contributed by atoms with Crippen molar-refractivity contribution in [3.05, 3.63) is 42.0 Å². The fourth-order valence-electron chi connectivity index (χ4n) is 2.00. The van der Waals surface area contributed by atoms with Crippen molar-refractivity contribution >= 4 is 21.8 Å². The predicted molar refractivity (Wildman–Crippen MR) is 64.6 cm³/mol. The number of pyridine rings is 1. The van der Waals surface area contributed by atoms with Gasteiger partial charge in [0, 0.05) is 23.2 Å². The van der Waals surface area contributed by atoms with Gasteiger partial charge in [-0.1, -0.05) is 6.07 Å². The molecule has 0 unspecified atom stereocenters. The monoisotopic (exact) mass is 263 g/mol. The average Bonchev–Trinajstić information content (AvgIpc) is 2.37. The second-order valence-electron chi connectivity index (χ2n) is 4.21. The second kappa shape index (κ2) is 3.88. The first-order chi connectivity index (χ1) is 8.97. The molecule has 3 rings (SSSR count). The normalized spacial score (nSPS) is 12.2. The summed E-state index contributed by atoms with van der Waals surface area (Å²) in [5.41, 5.74) is 1.87. The standard InChI is InChI=1S/C13H8F3N3/c1-7-4-5-17-11-8(7)2-3-10-9(11)6-18-12(19-10)13(14,15)16/h2-6H,1H3. The molecular weight excluding hydrogens is 255 g/mol. The van der Waals surface area contributed by atoms with Gasteiger partial charge >= 0.3 is 6.18 Å². The lowest BCUT2D eigenvalue weighted by Crippen LogP contribution is -2.10. The van der Waals surface area contributed by atoms with E-state index in [-0.39, 0.29) is 5.52 Å². The zero-order valence-electron chi connectivity index (χ0n) is 9.86. The van der Waals surface area contributed by atoms with Gasteiger partial charge in [-0.3, -0.25) is 4.98 Å². The topological polar surface area (TPSA) is 38.7 Å². The maximum Gasteiger partial charge on any atom is 0.451 e. The summed E-state index contributed by atoms with van der Waals surface area (Å²) in [5.74, 6) is -1.13. The van der Waals surface area contributed by atoms with Gasteiger partial charge < -0.3 is 0 Å². The zero-order chi connectivity index (χ0) is 13.6. The number of hydrogen-bond acceptors (Lipinski definition) is 3. The van der Waals surface area contributed by atoms with Crippen LogP contribution in [-0.2, 0) is 6.18 Å². The average molecular weight is 263 g/mol. The third-order valence-electron chi connectivity index (χ3n) is 2.94. The van der Waals surface area contributed by atoms with Gasteiger partial charge in [-0.05, 0) is 24.6 Å². The van der Waals surface area contributed by atoms with Crippen molar-refractivity contribution in [1.82, 2.24) is 15.0 Å². The van der Waals surface area contributed by atoms with Gasteiger partial charge in [0.15, 0.2) is 0 Å². The van der Waals surface area contributed by atoms with Gasteiger partial charge in [0.2, 0.25) is 5.82 Å². The van der Waals surface area contributed by atoms with Crippen molar-refractivity contribution in [2.24, 2.45) is 0 Å². The number of fused-ring (bicyclic) bond motifs is 3. The molecule has 0 saturated carbocycles. The summed E-state index contributed by atoms with van der Waals surface area (Å²) < 4.78 is 37.7. The smallest absolute Gasteiger partial charge is 0.255 e. The molecule has 0 fully saturated rings. The van der Waals surface area contributed by atoms with Crippen LogP contribution in [-0.4, -0.2) is 15.0 Å². The highest BCUT2D eigenvalue weighted by Crippen LogP contribution is 2.29. The van der Waals surface area contributed by atoms with Crippen LogP contribution in [0.1, 0.15) is 11.4 Å². The van der Waals surface area contributed by atoms with Crippen LogP contribution < -0.4 is 0 Å². The van der Waals surface area contributed by atoms with E-state index in [9.17, 15) is 13.2 Å². The van der Waals surface area contributed by atoms with E-state index >= 15 is 0 Å². The number of benzene rings is 1. The quantitative estimate of drug-likeness (QED) is 0.582. The van der Waals surface area contributed by atoms with Crippen molar-refractivity contribution in [3.8, 4) is 0 Å². The molecule has 0 spiro atoms. The van der Waals surface area contributed by atoms with Gasteiger partial charge in [-0.15, -0.1) is 0 Å². The first-order valence-corrected chi connectivity index (χ1v) is 5.55. The minimum atomic E-state index is -4.54. The van der Waals surface area contributed by atoms with Crippen LogP contribution in [0.15, 0.2) is 30.6 Å². The Kier molecular flexibility index (Phi) is 2.41. The van der Waals surface area contributed by atoms with E-state index < -0.39 is 12.0 Å². The van der Waals surface area contributed by atoms with Crippen molar-refractivity contribution < 1.29 is 13.2 Å². The molecule has 0 amide bonds. The molecule has 6 heteroatoms. The minimum absolute atomic E-state index is 0.243.